The predicted molar refractivity (Wildman–Crippen MR) is 70.6 cm³/mol. The van der Waals surface area contributed by atoms with Crippen LogP contribution in [0.25, 0.3) is 0 Å². The molecule has 0 radical (unpaired) electrons. The SMILES string of the molecule is Cc1cc(C)c(OCCn2cccc2)c(C)c1. The summed E-state index contributed by atoms with van der Waals surface area (Å²) < 4.78 is 8.00. The van der Waals surface area contributed by atoms with Gasteiger partial charge in [0, 0.05) is 12.4 Å². The van der Waals surface area contributed by atoms with Crippen molar-refractivity contribution in [1.82, 2.24) is 4.57 Å². The van der Waals surface area contributed by atoms with Gasteiger partial charge in [0.25, 0.3) is 0 Å². The average molecular weight is 229 g/mol. The summed E-state index contributed by atoms with van der Waals surface area (Å²) in [6, 6.07) is 8.39. The van der Waals surface area contributed by atoms with Gasteiger partial charge in [0.15, 0.2) is 0 Å². The number of nitrogens with zero attached hydrogens (tertiary/aromatic N) is 1. The van der Waals surface area contributed by atoms with Gasteiger partial charge in [-0.1, -0.05) is 17.7 Å². The number of benzene rings is 1. The van der Waals surface area contributed by atoms with E-state index in [0.29, 0.717) is 6.61 Å². The number of ether oxygens (including phenoxy) is 1. The van der Waals surface area contributed by atoms with Gasteiger partial charge < -0.3 is 9.30 Å². The number of aryl methyl sites for hydroxylation is 3. The second-order valence-electron chi connectivity index (χ2n) is 4.50. The van der Waals surface area contributed by atoms with Gasteiger partial charge in [-0.15, -0.1) is 0 Å². The van der Waals surface area contributed by atoms with Gasteiger partial charge in [-0.25, -0.2) is 0 Å². The molecule has 0 bridgehead atoms. The number of hydrogen-bond acceptors (Lipinski definition) is 1. The highest BCUT2D eigenvalue weighted by Crippen LogP contribution is 2.24. The van der Waals surface area contributed by atoms with Crippen LogP contribution < -0.4 is 4.74 Å². The van der Waals surface area contributed by atoms with E-state index in [2.05, 4.69) is 49.9 Å². The van der Waals surface area contributed by atoms with E-state index in [4.69, 9.17) is 4.74 Å². The molecule has 0 aliphatic rings. The molecule has 1 heterocycles. The number of rotatable bonds is 4. The van der Waals surface area contributed by atoms with Crippen molar-refractivity contribution >= 4 is 0 Å². The molecule has 1 aromatic heterocycles. The van der Waals surface area contributed by atoms with Crippen molar-refractivity contribution in [3.8, 4) is 5.75 Å². The highest BCUT2D eigenvalue weighted by Gasteiger charge is 2.04. The van der Waals surface area contributed by atoms with Crippen LogP contribution in [0.15, 0.2) is 36.7 Å². The van der Waals surface area contributed by atoms with Crippen LogP contribution in [-0.2, 0) is 6.54 Å². The lowest BCUT2D eigenvalue weighted by atomic mass is 10.1. The molecule has 0 saturated carbocycles. The minimum atomic E-state index is 0.708. The van der Waals surface area contributed by atoms with E-state index in [1.807, 2.05) is 12.1 Å². The molecule has 2 aromatic rings. The quantitative estimate of drug-likeness (QED) is 0.782. The van der Waals surface area contributed by atoms with Gasteiger partial charge in [-0.3, -0.25) is 0 Å². The topological polar surface area (TPSA) is 14.2 Å². The Balaban J connectivity index is 1.99. The van der Waals surface area contributed by atoms with Crippen molar-refractivity contribution in [2.24, 2.45) is 0 Å². The summed E-state index contributed by atoms with van der Waals surface area (Å²) in [6.45, 7) is 7.92. The molecular formula is C15H19NO. The second kappa shape index (κ2) is 5.09. The van der Waals surface area contributed by atoms with Gasteiger partial charge in [-0.05, 0) is 44.0 Å². The molecule has 2 rings (SSSR count). The third kappa shape index (κ3) is 2.90. The summed E-state index contributed by atoms with van der Waals surface area (Å²) in [5, 5.41) is 0. The van der Waals surface area contributed by atoms with Crippen LogP contribution in [0, 0.1) is 20.8 Å². The molecule has 0 aliphatic carbocycles. The van der Waals surface area contributed by atoms with E-state index >= 15 is 0 Å². The monoisotopic (exact) mass is 229 g/mol. The van der Waals surface area contributed by atoms with Crippen molar-refractivity contribution in [3.05, 3.63) is 53.3 Å². The first-order chi connectivity index (χ1) is 8.16. The van der Waals surface area contributed by atoms with E-state index in [9.17, 15) is 0 Å². The summed E-state index contributed by atoms with van der Waals surface area (Å²) in [5.74, 6) is 1.03. The number of aromatic nitrogens is 1. The Kier molecular flexibility index (Phi) is 3.52. The fourth-order valence-corrected chi connectivity index (χ4v) is 2.17. The Hall–Kier alpha value is -1.70. The summed E-state index contributed by atoms with van der Waals surface area (Å²) in [5.41, 5.74) is 3.72. The fraction of sp³-hybridized carbons (Fsp3) is 0.333. The molecule has 0 amide bonds. The Bertz CT molecular complexity index is 463. The summed E-state index contributed by atoms with van der Waals surface area (Å²) >= 11 is 0. The van der Waals surface area contributed by atoms with Crippen molar-refractivity contribution in [1.29, 1.82) is 0 Å². The zero-order valence-electron chi connectivity index (χ0n) is 10.7. The largest absolute Gasteiger partial charge is 0.491 e. The predicted octanol–water partition coefficient (Wildman–Crippen LogP) is 3.49. The molecule has 1 aromatic carbocycles. The molecule has 90 valence electrons. The number of hydrogen-bond donors (Lipinski definition) is 0. The maximum atomic E-state index is 5.88. The first-order valence-corrected chi connectivity index (χ1v) is 5.98. The molecule has 0 unspecified atom stereocenters. The van der Waals surface area contributed by atoms with Crippen LogP contribution in [0.1, 0.15) is 16.7 Å². The molecule has 0 spiro atoms. The molecule has 0 atom stereocenters. The lowest BCUT2D eigenvalue weighted by Gasteiger charge is -2.13. The van der Waals surface area contributed by atoms with Crippen LogP contribution in [-0.4, -0.2) is 11.2 Å². The van der Waals surface area contributed by atoms with E-state index < -0.39 is 0 Å². The Morgan fingerprint density at radius 3 is 2.18 bits per heavy atom. The lowest BCUT2D eigenvalue weighted by Crippen LogP contribution is -2.08. The van der Waals surface area contributed by atoms with Gasteiger partial charge in [0.1, 0.15) is 12.4 Å². The Morgan fingerprint density at radius 1 is 1.00 bits per heavy atom. The van der Waals surface area contributed by atoms with Gasteiger partial charge in [0.05, 0.1) is 6.54 Å². The third-order valence-corrected chi connectivity index (χ3v) is 2.87. The highest BCUT2D eigenvalue weighted by atomic mass is 16.5. The second-order valence-corrected chi connectivity index (χ2v) is 4.50. The minimum Gasteiger partial charge on any atom is -0.491 e. The van der Waals surface area contributed by atoms with E-state index in [1.165, 1.54) is 16.7 Å². The van der Waals surface area contributed by atoms with Gasteiger partial charge in [-0.2, -0.15) is 0 Å². The van der Waals surface area contributed by atoms with Crippen LogP contribution in [0.3, 0.4) is 0 Å². The van der Waals surface area contributed by atoms with Gasteiger partial charge >= 0.3 is 0 Å². The Labute approximate surface area is 103 Å². The maximum Gasteiger partial charge on any atom is 0.125 e. The smallest absolute Gasteiger partial charge is 0.125 e. The molecule has 0 fully saturated rings. The lowest BCUT2D eigenvalue weighted by molar-refractivity contribution is 0.295. The Morgan fingerprint density at radius 2 is 1.59 bits per heavy atom. The zero-order chi connectivity index (χ0) is 12.3. The zero-order valence-corrected chi connectivity index (χ0v) is 10.7. The molecule has 2 heteroatoms. The van der Waals surface area contributed by atoms with E-state index in [1.54, 1.807) is 0 Å². The van der Waals surface area contributed by atoms with Crippen molar-refractivity contribution in [2.75, 3.05) is 6.61 Å². The molecule has 0 aliphatic heterocycles. The molecule has 2 nitrogen and oxygen atoms in total. The van der Waals surface area contributed by atoms with Crippen LogP contribution in [0.4, 0.5) is 0 Å². The fourth-order valence-electron chi connectivity index (χ4n) is 2.17. The maximum absolute atomic E-state index is 5.88. The van der Waals surface area contributed by atoms with Crippen molar-refractivity contribution < 1.29 is 4.74 Å². The van der Waals surface area contributed by atoms with E-state index in [-0.39, 0.29) is 0 Å². The normalized spacial score (nSPS) is 10.5. The molecule has 17 heavy (non-hydrogen) atoms. The minimum absolute atomic E-state index is 0.708. The van der Waals surface area contributed by atoms with Crippen molar-refractivity contribution in [2.45, 2.75) is 27.3 Å². The first-order valence-electron chi connectivity index (χ1n) is 5.98. The molecule has 0 saturated heterocycles. The molecule has 0 N–H and O–H groups in total. The third-order valence-electron chi connectivity index (χ3n) is 2.87. The van der Waals surface area contributed by atoms with Crippen LogP contribution in [0.5, 0.6) is 5.75 Å². The standard InChI is InChI=1S/C15H19NO/c1-12-10-13(2)15(14(3)11-12)17-9-8-16-6-4-5-7-16/h4-7,10-11H,8-9H2,1-3H3. The van der Waals surface area contributed by atoms with Crippen LogP contribution >= 0.6 is 0 Å². The van der Waals surface area contributed by atoms with Gasteiger partial charge in [0.2, 0.25) is 0 Å². The first kappa shape index (κ1) is 11.8. The van der Waals surface area contributed by atoms with Crippen LogP contribution in [0.2, 0.25) is 0 Å². The highest BCUT2D eigenvalue weighted by molar-refractivity contribution is 5.42. The summed E-state index contributed by atoms with van der Waals surface area (Å²) in [4.78, 5) is 0. The van der Waals surface area contributed by atoms with Crippen molar-refractivity contribution in [3.63, 3.8) is 0 Å². The average Bonchev–Trinajstić information content (AvgIpc) is 2.74. The summed E-state index contributed by atoms with van der Waals surface area (Å²) in [7, 11) is 0. The van der Waals surface area contributed by atoms with E-state index in [0.717, 1.165) is 12.3 Å². The summed E-state index contributed by atoms with van der Waals surface area (Å²) in [6.07, 6.45) is 4.11. The molecular weight excluding hydrogens is 210 g/mol.